The van der Waals surface area contributed by atoms with E-state index >= 15 is 0 Å². The Bertz CT molecular complexity index is 282. The highest BCUT2D eigenvalue weighted by molar-refractivity contribution is 5.37. The van der Waals surface area contributed by atoms with E-state index in [2.05, 4.69) is 22.2 Å². The summed E-state index contributed by atoms with van der Waals surface area (Å²) in [7, 11) is 0. The van der Waals surface area contributed by atoms with Gasteiger partial charge in [0, 0.05) is 6.04 Å². The first kappa shape index (κ1) is 8.29. The minimum Gasteiger partial charge on any atom is -0.396 e. The van der Waals surface area contributed by atoms with Crippen molar-refractivity contribution < 1.29 is 0 Å². The van der Waals surface area contributed by atoms with Crippen molar-refractivity contribution in [2.24, 2.45) is 5.92 Å². The molecule has 1 saturated carbocycles. The van der Waals surface area contributed by atoms with Crippen LogP contribution < -0.4 is 11.1 Å². The smallest absolute Gasteiger partial charge is 0.222 e. The molecule has 2 rings (SSSR count). The van der Waals surface area contributed by atoms with E-state index in [9.17, 15) is 0 Å². The highest BCUT2D eigenvalue weighted by atomic mass is 15.1. The van der Waals surface area contributed by atoms with Crippen LogP contribution in [-0.2, 0) is 0 Å². The molecule has 0 saturated heterocycles. The van der Waals surface area contributed by atoms with E-state index in [4.69, 9.17) is 5.73 Å². The van der Waals surface area contributed by atoms with Crippen LogP contribution in [0.1, 0.15) is 19.8 Å². The molecule has 70 valence electrons. The third-order valence-corrected chi connectivity index (χ3v) is 2.43. The van der Waals surface area contributed by atoms with Gasteiger partial charge in [0.1, 0.15) is 0 Å². The van der Waals surface area contributed by atoms with Gasteiger partial charge in [0.2, 0.25) is 5.95 Å². The number of nitrogens with zero attached hydrogens (tertiary/aromatic N) is 2. The molecule has 0 amide bonds. The SMILES string of the molecule is CCC1CC1Nc1ncc(N)cn1. The average Bonchev–Trinajstić information content (AvgIpc) is 2.88. The molecule has 1 aliphatic carbocycles. The van der Waals surface area contributed by atoms with Crippen LogP contribution in [0, 0.1) is 5.92 Å². The Labute approximate surface area is 77.6 Å². The zero-order valence-electron chi connectivity index (χ0n) is 7.70. The van der Waals surface area contributed by atoms with Crippen LogP contribution in [-0.4, -0.2) is 16.0 Å². The molecule has 4 heteroatoms. The first-order valence-electron chi connectivity index (χ1n) is 4.63. The Kier molecular flexibility index (Phi) is 2.04. The Balaban J connectivity index is 1.92. The minimum atomic E-state index is 0.577. The second-order valence-electron chi connectivity index (χ2n) is 3.49. The molecule has 0 bridgehead atoms. The van der Waals surface area contributed by atoms with Gasteiger partial charge in [-0.05, 0) is 12.3 Å². The lowest BCUT2D eigenvalue weighted by Gasteiger charge is -2.02. The predicted molar refractivity (Wildman–Crippen MR) is 52.3 cm³/mol. The van der Waals surface area contributed by atoms with Gasteiger partial charge in [-0.2, -0.15) is 0 Å². The lowest BCUT2D eigenvalue weighted by molar-refractivity contribution is 0.771. The molecule has 3 N–H and O–H groups in total. The van der Waals surface area contributed by atoms with Crippen molar-refractivity contribution in [1.29, 1.82) is 0 Å². The number of nitrogens with one attached hydrogen (secondary N) is 1. The molecule has 0 spiro atoms. The van der Waals surface area contributed by atoms with Crippen molar-refractivity contribution in [3.8, 4) is 0 Å². The maximum Gasteiger partial charge on any atom is 0.222 e. The molecule has 1 aromatic heterocycles. The van der Waals surface area contributed by atoms with Gasteiger partial charge in [-0.3, -0.25) is 0 Å². The number of hydrogen-bond acceptors (Lipinski definition) is 4. The number of aromatic nitrogens is 2. The molecule has 0 aliphatic heterocycles. The molecule has 2 atom stereocenters. The summed E-state index contributed by atoms with van der Waals surface area (Å²) in [4.78, 5) is 8.16. The predicted octanol–water partition coefficient (Wildman–Crippen LogP) is 1.27. The molecule has 1 aromatic rings. The molecule has 13 heavy (non-hydrogen) atoms. The van der Waals surface area contributed by atoms with Gasteiger partial charge in [0.15, 0.2) is 0 Å². The van der Waals surface area contributed by atoms with Gasteiger partial charge < -0.3 is 11.1 Å². The fraction of sp³-hybridized carbons (Fsp3) is 0.556. The molecule has 1 heterocycles. The third-order valence-electron chi connectivity index (χ3n) is 2.43. The van der Waals surface area contributed by atoms with Crippen LogP contribution in [0.3, 0.4) is 0 Å². The van der Waals surface area contributed by atoms with E-state index in [1.165, 1.54) is 12.8 Å². The molecular formula is C9H14N4. The first-order valence-corrected chi connectivity index (χ1v) is 4.63. The summed E-state index contributed by atoms with van der Waals surface area (Å²) in [5, 5.41) is 3.27. The Morgan fingerprint density at radius 2 is 2.23 bits per heavy atom. The van der Waals surface area contributed by atoms with Crippen molar-refractivity contribution in [2.75, 3.05) is 11.1 Å². The zero-order chi connectivity index (χ0) is 9.26. The molecule has 0 aromatic carbocycles. The molecule has 1 aliphatic rings. The second kappa shape index (κ2) is 3.20. The topological polar surface area (TPSA) is 63.8 Å². The minimum absolute atomic E-state index is 0.577. The molecular weight excluding hydrogens is 164 g/mol. The number of nitrogen functional groups attached to an aromatic ring is 1. The fourth-order valence-corrected chi connectivity index (χ4v) is 1.45. The van der Waals surface area contributed by atoms with Crippen molar-refractivity contribution in [3.63, 3.8) is 0 Å². The number of rotatable bonds is 3. The van der Waals surface area contributed by atoms with Crippen LogP contribution >= 0.6 is 0 Å². The molecule has 1 fully saturated rings. The van der Waals surface area contributed by atoms with Crippen molar-refractivity contribution >= 4 is 11.6 Å². The summed E-state index contributed by atoms with van der Waals surface area (Å²) >= 11 is 0. The first-order chi connectivity index (χ1) is 6.29. The number of anilines is 2. The van der Waals surface area contributed by atoms with Gasteiger partial charge in [-0.15, -0.1) is 0 Å². The van der Waals surface area contributed by atoms with Crippen LogP contribution in [0.2, 0.25) is 0 Å². The maximum absolute atomic E-state index is 5.47. The highest BCUT2D eigenvalue weighted by Gasteiger charge is 2.35. The Morgan fingerprint density at radius 1 is 1.54 bits per heavy atom. The Hall–Kier alpha value is -1.32. The Morgan fingerprint density at radius 3 is 2.77 bits per heavy atom. The normalized spacial score (nSPS) is 25.6. The summed E-state index contributed by atoms with van der Waals surface area (Å²) in [5.41, 5.74) is 6.08. The van der Waals surface area contributed by atoms with Crippen LogP contribution in [0.25, 0.3) is 0 Å². The van der Waals surface area contributed by atoms with Crippen molar-refractivity contribution in [3.05, 3.63) is 12.4 Å². The average molecular weight is 178 g/mol. The van der Waals surface area contributed by atoms with Crippen LogP contribution in [0.5, 0.6) is 0 Å². The van der Waals surface area contributed by atoms with E-state index in [0.29, 0.717) is 17.7 Å². The maximum atomic E-state index is 5.47. The molecule has 2 unspecified atom stereocenters. The van der Waals surface area contributed by atoms with Gasteiger partial charge in [-0.1, -0.05) is 13.3 Å². The zero-order valence-corrected chi connectivity index (χ0v) is 7.70. The van der Waals surface area contributed by atoms with Gasteiger partial charge in [0.05, 0.1) is 18.1 Å². The highest BCUT2D eigenvalue weighted by Crippen LogP contribution is 2.35. The quantitative estimate of drug-likeness (QED) is 0.731. The van der Waals surface area contributed by atoms with E-state index < -0.39 is 0 Å². The van der Waals surface area contributed by atoms with Gasteiger partial charge in [-0.25, -0.2) is 9.97 Å². The summed E-state index contributed by atoms with van der Waals surface area (Å²) in [6.07, 6.45) is 5.72. The summed E-state index contributed by atoms with van der Waals surface area (Å²) in [6, 6.07) is 0.577. The lowest BCUT2D eigenvalue weighted by atomic mass is 10.3. The van der Waals surface area contributed by atoms with E-state index in [0.717, 1.165) is 5.92 Å². The van der Waals surface area contributed by atoms with E-state index in [1.54, 1.807) is 12.4 Å². The van der Waals surface area contributed by atoms with Crippen molar-refractivity contribution in [1.82, 2.24) is 9.97 Å². The summed E-state index contributed by atoms with van der Waals surface area (Å²) in [5.74, 6) is 1.50. The van der Waals surface area contributed by atoms with Gasteiger partial charge in [0.25, 0.3) is 0 Å². The molecule has 4 nitrogen and oxygen atoms in total. The summed E-state index contributed by atoms with van der Waals surface area (Å²) < 4.78 is 0. The lowest BCUT2D eigenvalue weighted by Crippen LogP contribution is -2.07. The monoisotopic (exact) mass is 178 g/mol. The largest absolute Gasteiger partial charge is 0.396 e. The van der Waals surface area contributed by atoms with Crippen LogP contribution in [0.15, 0.2) is 12.4 Å². The number of nitrogens with two attached hydrogens (primary N) is 1. The standard InChI is InChI=1S/C9H14N4/c1-2-6-3-8(6)13-9-11-4-7(10)5-12-9/h4-6,8H,2-3,10H2,1H3,(H,11,12,13). The van der Waals surface area contributed by atoms with E-state index in [-0.39, 0.29) is 0 Å². The van der Waals surface area contributed by atoms with Crippen molar-refractivity contribution in [2.45, 2.75) is 25.8 Å². The summed E-state index contributed by atoms with van der Waals surface area (Å²) in [6.45, 7) is 2.20. The molecule has 0 radical (unpaired) electrons. The second-order valence-corrected chi connectivity index (χ2v) is 3.49. The van der Waals surface area contributed by atoms with E-state index in [1.807, 2.05) is 0 Å². The van der Waals surface area contributed by atoms with Gasteiger partial charge >= 0.3 is 0 Å². The fourth-order valence-electron chi connectivity index (χ4n) is 1.45. The number of hydrogen-bond donors (Lipinski definition) is 2. The third kappa shape index (κ3) is 1.88. The van der Waals surface area contributed by atoms with Crippen LogP contribution in [0.4, 0.5) is 11.6 Å².